The van der Waals surface area contributed by atoms with Gasteiger partial charge in [0.15, 0.2) is 0 Å². The summed E-state index contributed by atoms with van der Waals surface area (Å²) in [5.41, 5.74) is 3.75. The predicted molar refractivity (Wildman–Crippen MR) is 74.7 cm³/mol. The lowest BCUT2D eigenvalue weighted by Crippen LogP contribution is -2.21. The van der Waals surface area contributed by atoms with Crippen LogP contribution in [0.1, 0.15) is 24.1 Å². The van der Waals surface area contributed by atoms with Gasteiger partial charge in [-0.3, -0.25) is 0 Å². The number of hydrogen-bond donors (Lipinski definition) is 1. The van der Waals surface area contributed by atoms with Crippen molar-refractivity contribution in [3.8, 4) is 0 Å². The van der Waals surface area contributed by atoms with Gasteiger partial charge in [0.25, 0.3) is 0 Å². The zero-order valence-electron chi connectivity index (χ0n) is 11.2. The minimum atomic E-state index is 0.341. The van der Waals surface area contributed by atoms with Gasteiger partial charge in [-0.15, -0.1) is 0 Å². The topological polar surface area (TPSA) is 28.4 Å². The minimum Gasteiger partial charge on any atom is -0.472 e. The van der Waals surface area contributed by atoms with Crippen LogP contribution in [0.2, 0.25) is 0 Å². The van der Waals surface area contributed by atoms with E-state index in [1.54, 1.807) is 12.5 Å². The Hall–Kier alpha value is -1.74. The maximum Gasteiger partial charge on any atom is 0.0952 e. The summed E-state index contributed by atoms with van der Waals surface area (Å²) in [6.07, 6.45) is 3.51. The first kappa shape index (κ1) is 12.7. The van der Waals surface area contributed by atoms with Crippen molar-refractivity contribution in [1.29, 1.82) is 0 Å². The maximum absolute atomic E-state index is 5.11. The Kier molecular flexibility index (Phi) is 4.05. The molecule has 0 aliphatic carbocycles. The minimum absolute atomic E-state index is 0.341. The Morgan fingerprint density at radius 1 is 1.28 bits per heavy atom. The molecule has 96 valence electrons. The average Bonchev–Trinajstić information content (AvgIpc) is 2.90. The third-order valence-corrected chi connectivity index (χ3v) is 3.25. The number of anilines is 1. The lowest BCUT2D eigenvalue weighted by Gasteiger charge is -2.24. The number of nitrogens with one attached hydrogen (secondary N) is 1. The molecule has 0 saturated heterocycles. The fourth-order valence-corrected chi connectivity index (χ4v) is 2.10. The molecule has 0 saturated carbocycles. The summed E-state index contributed by atoms with van der Waals surface area (Å²) in [4.78, 5) is 2.24. The molecular weight excluding hydrogens is 224 g/mol. The number of furan rings is 1. The molecule has 1 atom stereocenters. The molecule has 2 aromatic rings. The van der Waals surface area contributed by atoms with Crippen molar-refractivity contribution in [1.82, 2.24) is 5.32 Å². The molecule has 1 aromatic heterocycles. The SMILES string of the molecule is CNC(C)c1ccccc1N(C)Cc1ccoc1. The summed E-state index contributed by atoms with van der Waals surface area (Å²) in [5.74, 6) is 0. The van der Waals surface area contributed by atoms with Crippen LogP contribution in [0, 0.1) is 0 Å². The molecule has 0 fully saturated rings. The van der Waals surface area contributed by atoms with Crippen molar-refractivity contribution in [2.75, 3.05) is 19.0 Å². The smallest absolute Gasteiger partial charge is 0.0952 e. The van der Waals surface area contributed by atoms with E-state index in [2.05, 4.69) is 48.5 Å². The lowest BCUT2D eigenvalue weighted by molar-refractivity contribution is 0.563. The van der Waals surface area contributed by atoms with E-state index in [0.29, 0.717) is 6.04 Å². The van der Waals surface area contributed by atoms with Crippen LogP contribution in [0.5, 0.6) is 0 Å². The first-order chi connectivity index (χ1) is 8.72. The van der Waals surface area contributed by atoms with Crippen LogP contribution in [0.15, 0.2) is 47.3 Å². The molecule has 1 aromatic carbocycles. The summed E-state index contributed by atoms with van der Waals surface area (Å²) in [6.45, 7) is 3.02. The van der Waals surface area contributed by atoms with Gasteiger partial charge in [0.1, 0.15) is 0 Å². The fraction of sp³-hybridized carbons (Fsp3) is 0.333. The quantitative estimate of drug-likeness (QED) is 0.875. The van der Waals surface area contributed by atoms with E-state index in [0.717, 1.165) is 6.54 Å². The molecule has 0 bridgehead atoms. The molecule has 1 heterocycles. The molecule has 3 heteroatoms. The van der Waals surface area contributed by atoms with E-state index in [-0.39, 0.29) is 0 Å². The van der Waals surface area contributed by atoms with Gasteiger partial charge >= 0.3 is 0 Å². The molecule has 1 unspecified atom stereocenters. The van der Waals surface area contributed by atoms with Crippen LogP contribution in [-0.4, -0.2) is 14.1 Å². The molecule has 18 heavy (non-hydrogen) atoms. The highest BCUT2D eigenvalue weighted by molar-refractivity contribution is 5.54. The Morgan fingerprint density at radius 3 is 2.72 bits per heavy atom. The number of para-hydroxylation sites is 1. The zero-order chi connectivity index (χ0) is 13.0. The van der Waals surface area contributed by atoms with Crippen molar-refractivity contribution in [2.24, 2.45) is 0 Å². The van der Waals surface area contributed by atoms with E-state index in [9.17, 15) is 0 Å². The Labute approximate surface area is 108 Å². The fourth-order valence-electron chi connectivity index (χ4n) is 2.10. The highest BCUT2D eigenvalue weighted by Crippen LogP contribution is 2.26. The first-order valence-electron chi connectivity index (χ1n) is 6.20. The van der Waals surface area contributed by atoms with Crippen LogP contribution in [0.25, 0.3) is 0 Å². The van der Waals surface area contributed by atoms with Gasteiger partial charge in [0.2, 0.25) is 0 Å². The lowest BCUT2D eigenvalue weighted by atomic mass is 10.1. The number of rotatable bonds is 5. The highest BCUT2D eigenvalue weighted by atomic mass is 16.3. The van der Waals surface area contributed by atoms with E-state index < -0.39 is 0 Å². The molecule has 2 rings (SSSR count). The predicted octanol–water partition coefficient (Wildman–Crippen LogP) is 3.20. The van der Waals surface area contributed by atoms with Gasteiger partial charge in [-0.2, -0.15) is 0 Å². The van der Waals surface area contributed by atoms with Crippen molar-refractivity contribution in [2.45, 2.75) is 19.5 Å². The maximum atomic E-state index is 5.11. The second-order valence-electron chi connectivity index (χ2n) is 4.56. The summed E-state index contributed by atoms with van der Waals surface area (Å²) >= 11 is 0. The summed E-state index contributed by atoms with van der Waals surface area (Å²) in [6, 6.07) is 10.8. The normalized spacial score (nSPS) is 12.4. The van der Waals surface area contributed by atoms with Crippen LogP contribution in [0.4, 0.5) is 5.69 Å². The first-order valence-corrected chi connectivity index (χ1v) is 6.20. The van der Waals surface area contributed by atoms with E-state index >= 15 is 0 Å². The molecule has 0 amide bonds. The summed E-state index contributed by atoms with van der Waals surface area (Å²) in [5, 5.41) is 3.29. The molecule has 3 nitrogen and oxygen atoms in total. The Balaban J connectivity index is 2.21. The van der Waals surface area contributed by atoms with E-state index in [1.807, 2.05) is 13.1 Å². The summed E-state index contributed by atoms with van der Waals surface area (Å²) < 4.78 is 5.11. The average molecular weight is 244 g/mol. The standard InChI is InChI=1S/C15H20N2O/c1-12(16-2)14-6-4-5-7-15(14)17(3)10-13-8-9-18-11-13/h4-9,11-12,16H,10H2,1-3H3. The largest absolute Gasteiger partial charge is 0.472 e. The second-order valence-corrected chi connectivity index (χ2v) is 4.56. The molecule has 1 N–H and O–H groups in total. The van der Waals surface area contributed by atoms with Crippen molar-refractivity contribution < 1.29 is 4.42 Å². The van der Waals surface area contributed by atoms with Crippen molar-refractivity contribution in [3.05, 3.63) is 54.0 Å². The van der Waals surface area contributed by atoms with Crippen LogP contribution in [-0.2, 0) is 6.54 Å². The van der Waals surface area contributed by atoms with Crippen molar-refractivity contribution in [3.63, 3.8) is 0 Å². The van der Waals surface area contributed by atoms with Crippen molar-refractivity contribution >= 4 is 5.69 Å². The van der Waals surface area contributed by atoms with Gasteiger partial charge in [-0.1, -0.05) is 18.2 Å². The molecular formula is C15H20N2O. The molecule has 0 spiro atoms. The van der Waals surface area contributed by atoms with Gasteiger partial charge < -0.3 is 14.6 Å². The third-order valence-electron chi connectivity index (χ3n) is 3.25. The van der Waals surface area contributed by atoms with E-state index in [4.69, 9.17) is 4.42 Å². The zero-order valence-corrected chi connectivity index (χ0v) is 11.2. The number of benzene rings is 1. The summed E-state index contributed by atoms with van der Waals surface area (Å²) in [7, 11) is 4.09. The molecule has 0 aliphatic rings. The van der Waals surface area contributed by atoms with E-state index in [1.165, 1.54) is 16.8 Å². The van der Waals surface area contributed by atoms with Crippen LogP contribution in [0.3, 0.4) is 0 Å². The van der Waals surface area contributed by atoms with Gasteiger partial charge in [-0.05, 0) is 31.7 Å². The van der Waals surface area contributed by atoms with Crippen LogP contribution >= 0.6 is 0 Å². The molecule has 0 aliphatic heterocycles. The monoisotopic (exact) mass is 244 g/mol. The Morgan fingerprint density at radius 2 is 2.06 bits per heavy atom. The third kappa shape index (κ3) is 2.74. The van der Waals surface area contributed by atoms with Gasteiger partial charge in [0.05, 0.1) is 12.5 Å². The van der Waals surface area contributed by atoms with Gasteiger partial charge in [-0.25, -0.2) is 0 Å². The molecule has 0 radical (unpaired) electrons. The number of hydrogen-bond acceptors (Lipinski definition) is 3. The second kappa shape index (κ2) is 5.74. The Bertz CT molecular complexity index is 479. The van der Waals surface area contributed by atoms with Gasteiger partial charge in [0, 0.05) is 30.9 Å². The highest BCUT2D eigenvalue weighted by Gasteiger charge is 2.12. The number of nitrogens with zero attached hydrogens (tertiary/aromatic N) is 1. The van der Waals surface area contributed by atoms with Crippen LogP contribution < -0.4 is 10.2 Å².